The molecular formula is C12H15N7. The molecule has 0 bridgehead atoms. The van der Waals surface area contributed by atoms with Crippen LogP contribution >= 0.6 is 0 Å². The van der Waals surface area contributed by atoms with Gasteiger partial charge in [0.1, 0.15) is 12.2 Å². The summed E-state index contributed by atoms with van der Waals surface area (Å²) in [6.45, 7) is 2.08. The number of fused-ring (bicyclic) bond motifs is 1. The van der Waals surface area contributed by atoms with Gasteiger partial charge in [-0.3, -0.25) is 0 Å². The molecule has 98 valence electrons. The number of benzene rings is 1. The predicted molar refractivity (Wildman–Crippen MR) is 70.3 cm³/mol. The molecule has 0 spiro atoms. The fraction of sp³-hybridized carbons (Fsp3) is 0.333. The first kappa shape index (κ1) is 11.8. The number of nitrogens with two attached hydrogens (primary N) is 1. The van der Waals surface area contributed by atoms with Crippen LogP contribution in [0.5, 0.6) is 0 Å². The first-order valence-electron chi connectivity index (χ1n) is 6.23. The second-order valence-electron chi connectivity index (χ2n) is 4.28. The smallest absolute Gasteiger partial charge is 0.138 e. The molecule has 0 aliphatic carbocycles. The molecule has 7 heteroatoms. The van der Waals surface area contributed by atoms with E-state index < -0.39 is 0 Å². The molecule has 0 saturated carbocycles. The summed E-state index contributed by atoms with van der Waals surface area (Å²) in [7, 11) is 0. The molecule has 2 aromatic heterocycles. The van der Waals surface area contributed by atoms with Crippen LogP contribution in [-0.2, 0) is 19.5 Å². The number of nitrogens with zero attached hydrogens (tertiary/aromatic N) is 6. The van der Waals surface area contributed by atoms with Crippen LogP contribution in [0.4, 0.5) is 0 Å². The Bertz CT molecular complexity index is 656. The van der Waals surface area contributed by atoms with Crippen molar-refractivity contribution in [3.8, 4) is 0 Å². The van der Waals surface area contributed by atoms with Gasteiger partial charge in [0.2, 0.25) is 0 Å². The SMILES string of the molecule is NCCc1nc2ccccc2n1CCn1cnnn1. The van der Waals surface area contributed by atoms with Crippen molar-refractivity contribution < 1.29 is 0 Å². The molecule has 3 rings (SSSR count). The summed E-state index contributed by atoms with van der Waals surface area (Å²) in [5, 5.41) is 11.1. The van der Waals surface area contributed by atoms with Crippen LogP contribution < -0.4 is 5.73 Å². The third-order valence-electron chi connectivity index (χ3n) is 3.05. The van der Waals surface area contributed by atoms with Gasteiger partial charge in [0, 0.05) is 13.0 Å². The average molecular weight is 257 g/mol. The minimum Gasteiger partial charge on any atom is -0.330 e. The van der Waals surface area contributed by atoms with E-state index in [4.69, 9.17) is 5.73 Å². The maximum atomic E-state index is 5.65. The van der Waals surface area contributed by atoms with E-state index in [2.05, 4.69) is 31.1 Å². The van der Waals surface area contributed by atoms with Crippen LogP contribution in [0.25, 0.3) is 11.0 Å². The lowest BCUT2D eigenvalue weighted by atomic mass is 10.3. The number of hydrogen-bond acceptors (Lipinski definition) is 5. The summed E-state index contributed by atoms with van der Waals surface area (Å²) in [6.07, 6.45) is 2.38. The summed E-state index contributed by atoms with van der Waals surface area (Å²) in [5.41, 5.74) is 7.78. The van der Waals surface area contributed by atoms with Gasteiger partial charge < -0.3 is 10.3 Å². The third kappa shape index (κ3) is 2.32. The molecule has 0 saturated heterocycles. The Hall–Kier alpha value is -2.28. The summed E-state index contributed by atoms with van der Waals surface area (Å²) in [4.78, 5) is 4.62. The molecule has 0 radical (unpaired) electrons. The first-order chi connectivity index (χ1) is 9.38. The molecule has 0 aliphatic heterocycles. The topological polar surface area (TPSA) is 87.4 Å². The molecule has 2 N–H and O–H groups in total. The van der Waals surface area contributed by atoms with Crippen molar-refractivity contribution >= 4 is 11.0 Å². The Morgan fingerprint density at radius 3 is 2.84 bits per heavy atom. The van der Waals surface area contributed by atoms with Crippen molar-refractivity contribution in [1.29, 1.82) is 0 Å². The second-order valence-corrected chi connectivity index (χ2v) is 4.28. The van der Waals surface area contributed by atoms with E-state index in [9.17, 15) is 0 Å². The van der Waals surface area contributed by atoms with Crippen LogP contribution in [0.15, 0.2) is 30.6 Å². The fourth-order valence-electron chi connectivity index (χ4n) is 2.18. The molecule has 7 nitrogen and oxygen atoms in total. The monoisotopic (exact) mass is 257 g/mol. The fourth-order valence-corrected chi connectivity index (χ4v) is 2.18. The van der Waals surface area contributed by atoms with E-state index in [0.29, 0.717) is 13.1 Å². The number of rotatable bonds is 5. The Balaban J connectivity index is 1.92. The molecule has 3 aromatic rings. The van der Waals surface area contributed by atoms with Gasteiger partial charge in [-0.05, 0) is 29.1 Å². The van der Waals surface area contributed by atoms with E-state index in [0.717, 1.165) is 29.8 Å². The molecule has 2 heterocycles. The molecule has 1 aromatic carbocycles. The van der Waals surface area contributed by atoms with Gasteiger partial charge in [0.15, 0.2) is 0 Å². The van der Waals surface area contributed by atoms with Crippen molar-refractivity contribution in [1.82, 2.24) is 29.8 Å². The molecular weight excluding hydrogens is 242 g/mol. The van der Waals surface area contributed by atoms with Gasteiger partial charge in [0.25, 0.3) is 0 Å². The zero-order valence-corrected chi connectivity index (χ0v) is 10.5. The molecule has 0 unspecified atom stereocenters. The third-order valence-corrected chi connectivity index (χ3v) is 3.05. The zero-order chi connectivity index (χ0) is 13.1. The van der Waals surface area contributed by atoms with Gasteiger partial charge in [-0.2, -0.15) is 0 Å². The molecule has 0 aliphatic rings. The number of tetrazole rings is 1. The van der Waals surface area contributed by atoms with Gasteiger partial charge in [-0.25, -0.2) is 9.67 Å². The Kier molecular flexibility index (Phi) is 3.20. The molecule has 0 atom stereocenters. The van der Waals surface area contributed by atoms with Gasteiger partial charge >= 0.3 is 0 Å². The molecule has 0 amide bonds. The summed E-state index contributed by atoms with van der Waals surface area (Å²) in [6, 6.07) is 8.10. The quantitative estimate of drug-likeness (QED) is 0.706. The maximum Gasteiger partial charge on any atom is 0.138 e. The highest BCUT2D eigenvalue weighted by molar-refractivity contribution is 5.75. The number of hydrogen-bond donors (Lipinski definition) is 1. The number of para-hydroxylation sites is 2. The van der Waals surface area contributed by atoms with E-state index in [1.165, 1.54) is 0 Å². The second kappa shape index (κ2) is 5.15. The van der Waals surface area contributed by atoms with Crippen LogP contribution in [0.2, 0.25) is 0 Å². The van der Waals surface area contributed by atoms with E-state index in [1.54, 1.807) is 11.0 Å². The Morgan fingerprint density at radius 1 is 1.16 bits per heavy atom. The van der Waals surface area contributed by atoms with Crippen molar-refractivity contribution in [2.45, 2.75) is 19.5 Å². The largest absolute Gasteiger partial charge is 0.330 e. The predicted octanol–water partition coefficient (Wildman–Crippen LogP) is 0.224. The van der Waals surface area contributed by atoms with Crippen LogP contribution in [-0.4, -0.2) is 36.3 Å². The normalized spacial score (nSPS) is 11.2. The van der Waals surface area contributed by atoms with Crippen LogP contribution in [0.3, 0.4) is 0 Å². The van der Waals surface area contributed by atoms with E-state index in [1.807, 2.05) is 18.2 Å². The highest BCUT2D eigenvalue weighted by atomic mass is 15.5. The van der Waals surface area contributed by atoms with Crippen molar-refractivity contribution in [3.63, 3.8) is 0 Å². The van der Waals surface area contributed by atoms with Crippen molar-refractivity contribution in [2.24, 2.45) is 5.73 Å². The minimum absolute atomic E-state index is 0.591. The zero-order valence-electron chi connectivity index (χ0n) is 10.5. The standard InChI is InChI=1S/C12H15N7/c13-6-5-12-15-10-3-1-2-4-11(10)19(12)8-7-18-9-14-16-17-18/h1-4,9H,5-8,13H2. The summed E-state index contributed by atoms with van der Waals surface area (Å²) < 4.78 is 3.89. The van der Waals surface area contributed by atoms with Crippen LogP contribution in [0.1, 0.15) is 5.82 Å². The van der Waals surface area contributed by atoms with Gasteiger partial charge in [0.05, 0.1) is 17.6 Å². The maximum absolute atomic E-state index is 5.65. The highest BCUT2D eigenvalue weighted by Crippen LogP contribution is 2.16. The summed E-state index contributed by atoms with van der Waals surface area (Å²) in [5.74, 6) is 1.01. The molecule has 0 fully saturated rings. The average Bonchev–Trinajstić information content (AvgIpc) is 3.04. The highest BCUT2D eigenvalue weighted by Gasteiger charge is 2.09. The number of aryl methyl sites for hydroxylation is 2. The molecule has 19 heavy (non-hydrogen) atoms. The minimum atomic E-state index is 0.591. The van der Waals surface area contributed by atoms with E-state index in [-0.39, 0.29) is 0 Å². The van der Waals surface area contributed by atoms with Gasteiger partial charge in [-0.15, -0.1) is 5.10 Å². The van der Waals surface area contributed by atoms with Crippen molar-refractivity contribution in [2.75, 3.05) is 6.54 Å². The lowest BCUT2D eigenvalue weighted by Crippen LogP contribution is -2.13. The first-order valence-corrected chi connectivity index (χ1v) is 6.23. The van der Waals surface area contributed by atoms with Crippen LogP contribution in [0, 0.1) is 0 Å². The lowest BCUT2D eigenvalue weighted by Gasteiger charge is -2.08. The lowest BCUT2D eigenvalue weighted by molar-refractivity contribution is 0.515. The summed E-state index contributed by atoms with van der Waals surface area (Å²) >= 11 is 0. The Labute approximate surface area is 110 Å². The number of aromatic nitrogens is 6. The van der Waals surface area contributed by atoms with Crippen molar-refractivity contribution in [3.05, 3.63) is 36.4 Å². The number of imidazole rings is 1. The van der Waals surface area contributed by atoms with Gasteiger partial charge in [-0.1, -0.05) is 12.1 Å². The Morgan fingerprint density at radius 2 is 2.05 bits per heavy atom. The van der Waals surface area contributed by atoms with E-state index >= 15 is 0 Å².